The Hall–Kier alpha value is -1.64. The third-order valence-electron chi connectivity index (χ3n) is 3.78. The number of hydrogen-bond acceptors (Lipinski definition) is 2. The molecular weight excluding hydrogens is 248 g/mol. The first kappa shape index (κ1) is 14.8. The van der Waals surface area contributed by atoms with Crippen LogP contribution in [0.5, 0.6) is 0 Å². The van der Waals surface area contributed by atoms with Gasteiger partial charge in [-0.3, -0.25) is 0 Å². The van der Waals surface area contributed by atoms with E-state index < -0.39 is 0 Å². The molecule has 0 N–H and O–H groups in total. The van der Waals surface area contributed by atoms with Crippen molar-refractivity contribution < 1.29 is 9.47 Å². The quantitative estimate of drug-likeness (QED) is 0.808. The zero-order valence-corrected chi connectivity index (χ0v) is 12.7. The van der Waals surface area contributed by atoms with Crippen molar-refractivity contribution in [2.24, 2.45) is 0 Å². The van der Waals surface area contributed by atoms with Crippen molar-refractivity contribution in [1.82, 2.24) is 0 Å². The van der Waals surface area contributed by atoms with Crippen LogP contribution in [0.2, 0.25) is 0 Å². The van der Waals surface area contributed by atoms with Gasteiger partial charge in [0.05, 0.1) is 13.2 Å². The first-order chi connectivity index (χ1) is 9.67. The van der Waals surface area contributed by atoms with Gasteiger partial charge in [-0.05, 0) is 47.2 Å². The summed E-state index contributed by atoms with van der Waals surface area (Å²) in [6.07, 6.45) is 0. The standard InChI is InChI=1S/C18H22O2/c1-13-14(2)18(10-9-17(13)12-20-4)16-7-5-15(6-8-16)11-19-3/h5-10H,11-12H2,1-4H3. The fourth-order valence-electron chi connectivity index (χ4n) is 2.45. The van der Waals surface area contributed by atoms with Crippen molar-refractivity contribution in [3.63, 3.8) is 0 Å². The number of ether oxygens (including phenoxy) is 2. The molecule has 2 heteroatoms. The molecule has 0 fully saturated rings. The first-order valence-electron chi connectivity index (χ1n) is 6.83. The van der Waals surface area contributed by atoms with Crippen LogP contribution in [0.25, 0.3) is 11.1 Å². The highest BCUT2D eigenvalue weighted by Crippen LogP contribution is 2.28. The van der Waals surface area contributed by atoms with E-state index >= 15 is 0 Å². The second kappa shape index (κ2) is 6.69. The van der Waals surface area contributed by atoms with Crippen molar-refractivity contribution in [3.05, 3.63) is 58.7 Å². The highest BCUT2D eigenvalue weighted by molar-refractivity contribution is 5.69. The van der Waals surface area contributed by atoms with Gasteiger partial charge in [0.15, 0.2) is 0 Å². The van der Waals surface area contributed by atoms with Gasteiger partial charge in [-0.25, -0.2) is 0 Å². The first-order valence-corrected chi connectivity index (χ1v) is 6.83. The maximum Gasteiger partial charge on any atom is 0.0715 e. The highest BCUT2D eigenvalue weighted by atomic mass is 16.5. The summed E-state index contributed by atoms with van der Waals surface area (Å²) < 4.78 is 10.4. The Balaban J connectivity index is 2.35. The molecule has 0 saturated heterocycles. The molecule has 0 aliphatic carbocycles. The monoisotopic (exact) mass is 270 g/mol. The van der Waals surface area contributed by atoms with E-state index in [2.05, 4.69) is 50.2 Å². The Kier molecular flexibility index (Phi) is 4.94. The second-order valence-corrected chi connectivity index (χ2v) is 5.09. The van der Waals surface area contributed by atoms with Crippen molar-refractivity contribution in [3.8, 4) is 11.1 Å². The molecule has 0 atom stereocenters. The van der Waals surface area contributed by atoms with Crippen LogP contribution in [0.4, 0.5) is 0 Å². The average molecular weight is 270 g/mol. The lowest BCUT2D eigenvalue weighted by Gasteiger charge is -2.13. The molecule has 2 rings (SSSR count). The lowest BCUT2D eigenvalue weighted by Crippen LogP contribution is -1.96. The van der Waals surface area contributed by atoms with Crippen molar-refractivity contribution in [1.29, 1.82) is 0 Å². The van der Waals surface area contributed by atoms with E-state index in [1.807, 2.05) is 0 Å². The molecule has 0 aromatic heterocycles. The Morgan fingerprint density at radius 1 is 0.750 bits per heavy atom. The van der Waals surface area contributed by atoms with Gasteiger partial charge in [-0.15, -0.1) is 0 Å². The molecule has 2 aromatic rings. The number of rotatable bonds is 5. The van der Waals surface area contributed by atoms with Crippen molar-refractivity contribution >= 4 is 0 Å². The summed E-state index contributed by atoms with van der Waals surface area (Å²) in [4.78, 5) is 0. The van der Waals surface area contributed by atoms with E-state index in [-0.39, 0.29) is 0 Å². The third kappa shape index (κ3) is 3.09. The van der Waals surface area contributed by atoms with Gasteiger partial charge in [0.25, 0.3) is 0 Å². The molecule has 2 aromatic carbocycles. The lowest BCUT2D eigenvalue weighted by atomic mass is 9.93. The van der Waals surface area contributed by atoms with Crippen LogP contribution in [-0.2, 0) is 22.7 Å². The molecule has 20 heavy (non-hydrogen) atoms. The summed E-state index contributed by atoms with van der Waals surface area (Å²) in [5.41, 5.74) is 7.61. The molecule has 0 saturated carbocycles. The summed E-state index contributed by atoms with van der Waals surface area (Å²) in [5, 5.41) is 0. The zero-order chi connectivity index (χ0) is 14.5. The van der Waals surface area contributed by atoms with Crippen molar-refractivity contribution in [2.75, 3.05) is 14.2 Å². The van der Waals surface area contributed by atoms with Gasteiger partial charge in [0.2, 0.25) is 0 Å². The Morgan fingerprint density at radius 3 is 2.00 bits per heavy atom. The van der Waals surface area contributed by atoms with E-state index in [1.54, 1.807) is 14.2 Å². The molecule has 0 amide bonds. The molecule has 0 unspecified atom stereocenters. The molecular formula is C18H22O2. The predicted molar refractivity (Wildman–Crippen MR) is 82.8 cm³/mol. The number of methoxy groups -OCH3 is 2. The minimum absolute atomic E-state index is 0.658. The fraction of sp³-hybridized carbons (Fsp3) is 0.333. The van der Waals surface area contributed by atoms with Crippen LogP contribution < -0.4 is 0 Å². The maximum atomic E-state index is 5.24. The van der Waals surface area contributed by atoms with E-state index in [1.165, 1.54) is 33.4 Å². The maximum absolute atomic E-state index is 5.24. The second-order valence-electron chi connectivity index (χ2n) is 5.09. The van der Waals surface area contributed by atoms with Crippen LogP contribution in [0, 0.1) is 13.8 Å². The third-order valence-corrected chi connectivity index (χ3v) is 3.78. The van der Waals surface area contributed by atoms with Crippen LogP contribution in [0.15, 0.2) is 36.4 Å². The SMILES string of the molecule is COCc1ccc(-c2ccc(COC)c(C)c2C)cc1. The van der Waals surface area contributed by atoms with E-state index in [4.69, 9.17) is 9.47 Å². The molecule has 0 aliphatic heterocycles. The normalized spacial score (nSPS) is 10.8. The van der Waals surface area contributed by atoms with Crippen LogP contribution in [0.3, 0.4) is 0 Å². The highest BCUT2D eigenvalue weighted by Gasteiger charge is 2.08. The minimum Gasteiger partial charge on any atom is -0.380 e. The molecule has 0 radical (unpaired) electrons. The van der Waals surface area contributed by atoms with Crippen LogP contribution >= 0.6 is 0 Å². The van der Waals surface area contributed by atoms with Gasteiger partial charge < -0.3 is 9.47 Å². The molecule has 0 spiro atoms. The summed E-state index contributed by atoms with van der Waals surface area (Å²) in [7, 11) is 3.45. The van der Waals surface area contributed by atoms with E-state index in [0.29, 0.717) is 13.2 Å². The summed E-state index contributed by atoms with van der Waals surface area (Å²) >= 11 is 0. The molecule has 0 aliphatic rings. The summed E-state index contributed by atoms with van der Waals surface area (Å²) in [6, 6.07) is 12.9. The fourth-order valence-corrected chi connectivity index (χ4v) is 2.45. The van der Waals surface area contributed by atoms with Gasteiger partial charge in [-0.1, -0.05) is 36.4 Å². The Labute approximate surface area is 121 Å². The van der Waals surface area contributed by atoms with Gasteiger partial charge >= 0.3 is 0 Å². The van der Waals surface area contributed by atoms with Gasteiger partial charge in [0.1, 0.15) is 0 Å². The largest absolute Gasteiger partial charge is 0.380 e. The molecule has 0 bridgehead atoms. The summed E-state index contributed by atoms with van der Waals surface area (Å²) in [5.74, 6) is 0. The minimum atomic E-state index is 0.658. The molecule has 106 valence electrons. The average Bonchev–Trinajstić information content (AvgIpc) is 2.46. The number of benzene rings is 2. The van der Waals surface area contributed by atoms with Crippen LogP contribution in [-0.4, -0.2) is 14.2 Å². The Bertz CT molecular complexity index is 571. The lowest BCUT2D eigenvalue weighted by molar-refractivity contribution is 0.184. The van der Waals surface area contributed by atoms with Crippen molar-refractivity contribution in [2.45, 2.75) is 27.1 Å². The van der Waals surface area contributed by atoms with Gasteiger partial charge in [0, 0.05) is 14.2 Å². The Morgan fingerprint density at radius 2 is 1.40 bits per heavy atom. The van der Waals surface area contributed by atoms with Crippen LogP contribution in [0.1, 0.15) is 22.3 Å². The summed E-state index contributed by atoms with van der Waals surface area (Å²) in [6.45, 7) is 5.66. The molecule has 2 nitrogen and oxygen atoms in total. The zero-order valence-electron chi connectivity index (χ0n) is 12.7. The molecule has 0 heterocycles. The topological polar surface area (TPSA) is 18.5 Å². The smallest absolute Gasteiger partial charge is 0.0715 e. The predicted octanol–water partition coefficient (Wildman–Crippen LogP) is 4.26. The van der Waals surface area contributed by atoms with E-state index in [9.17, 15) is 0 Å². The number of hydrogen-bond donors (Lipinski definition) is 0. The van der Waals surface area contributed by atoms with Gasteiger partial charge in [-0.2, -0.15) is 0 Å². The van der Waals surface area contributed by atoms with E-state index in [0.717, 1.165) is 0 Å².